The van der Waals surface area contributed by atoms with Crippen LogP contribution < -0.4 is 14.8 Å². The summed E-state index contributed by atoms with van der Waals surface area (Å²) < 4.78 is 17.7. The van der Waals surface area contributed by atoms with Crippen molar-refractivity contribution in [1.29, 1.82) is 0 Å². The lowest BCUT2D eigenvalue weighted by Crippen LogP contribution is -2.43. The summed E-state index contributed by atoms with van der Waals surface area (Å²) in [5.74, 6) is 0.926. The standard InChI is InChI=1S/C25H27BrN2O4S/c1-30-22-15-19(14-20(26)24(22)32-17-18-6-3-2-4-7-18)25(29)27-16-21(23-8-5-13-33-23)28-9-11-31-12-10-28/h2-8,13-15,21H,9-12,16-17H2,1H3,(H,27,29)/t21-/m1/s1. The summed E-state index contributed by atoms with van der Waals surface area (Å²) in [6.45, 7) is 4.06. The zero-order chi connectivity index (χ0) is 23.0. The van der Waals surface area contributed by atoms with Crippen LogP contribution in [0.2, 0.25) is 0 Å². The maximum absolute atomic E-state index is 13.0. The molecule has 1 fully saturated rings. The monoisotopic (exact) mass is 530 g/mol. The van der Waals surface area contributed by atoms with Crippen LogP contribution in [0.1, 0.15) is 26.8 Å². The first-order valence-corrected chi connectivity index (χ1v) is 12.5. The van der Waals surface area contributed by atoms with E-state index in [-0.39, 0.29) is 11.9 Å². The lowest BCUT2D eigenvalue weighted by molar-refractivity contribution is 0.0169. The number of carbonyl (C=O) groups excluding carboxylic acids is 1. The van der Waals surface area contributed by atoms with Crippen LogP contribution in [0.4, 0.5) is 0 Å². The van der Waals surface area contributed by atoms with Gasteiger partial charge in [-0.25, -0.2) is 0 Å². The largest absolute Gasteiger partial charge is 0.493 e. The van der Waals surface area contributed by atoms with Crippen LogP contribution in [0.15, 0.2) is 64.5 Å². The number of nitrogens with one attached hydrogen (secondary N) is 1. The Morgan fingerprint density at radius 3 is 2.67 bits per heavy atom. The van der Waals surface area contributed by atoms with Gasteiger partial charge in [0.1, 0.15) is 6.61 Å². The average Bonchev–Trinajstić information content (AvgIpc) is 3.39. The van der Waals surface area contributed by atoms with E-state index in [1.54, 1.807) is 30.6 Å². The zero-order valence-electron chi connectivity index (χ0n) is 18.5. The third-order valence-electron chi connectivity index (χ3n) is 5.53. The molecule has 1 aromatic heterocycles. The fourth-order valence-corrected chi connectivity index (χ4v) is 5.21. The van der Waals surface area contributed by atoms with E-state index in [2.05, 4.69) is 37.6 Å². The van der Waals surface area contributed by atoms with Crippen molar-refractivity contribution in [2.75, 3.05) is 40.0 Å². The van der Waals surface area contributed by atoms with Gasteiger partial charge in [-0.1, -0.05) is 36.4 Å². The predicted octanol–water partition coefficient (Wildman–Crippen LogP) is 4.90. The Balaban J connectivity index is 1.45. The van der Waals surface area contributed by atoms with Gasteiger partial charge in [-0.3, -0.25) is 9.69 Å². The van der Waals surface area contributed by atoms with Gasteiger partial charge in [-0.2, -0.15) is 0 Å². The Labute approximate surface area is 206 Å². The minimum Gasteiger partial charge on any atom is -0.493 e. The van der Waals surface area contributed by atoms with Gasteiger partial charge in [0.05, 0.1) is 30.8 Å². The molecule has 2 aromatic carbocycles. The van der Waals surface area contributed by atoms with Gasteiger partial charge in [0.15, 0.2) is 11.5 Å². The lowest BCUT2D eigenvalue weighted by Gasteiger charge is -2.34. The Kier molecular flexibility index (Phi) is 8.39. The molecule has 33 heavy (non-hydrogen) atoms. The molecular weight excluding hydrogens is 504 g/mol. The molecular formula is C25H27BrN2O4S. The molecule has 0 bridgehead atoms. The van der Waals surface area contributed by atoms with Crippen LogP contribution in [-0.2, 0) is 11.3 Å². The van der Waals surface area contributed by atoms with Crippen LogP contribution in [0.3, 0.4) is 0 Å². The van der Waals surface area contributed by atoms with Crippen molar-refractivity contribution < 1.29 is 19.0 Å². The second-order valence-corrected chi connectivity index (χ2v) is 9.49. The zero-order valence-corrected chi connectivity index (χ0v) is 20.9. The summed E-state index contributed by atoms with van der Waals surface area (Å²) in [4.78, 5) is 16.6. The first-order chi connectivity index (χ1) is 16.2. The number of rotatable bonds is 9. The molecule has 8 heteroatoms. The topological polar surface area (TPSA) is 60.0 Å². The summed E-state index contributed by atoms with van der Waals surface area (Å²) >= 11 is 5.26. The van der Waals surface area contributed by atoms with Crippen molar-refractivity contribution in [1.82, 2.24) is 10.2 Å². The number of carbonyl (C=O) groups is 1. The Morgan fingerprint density at radius 2 is 1.97 bits per heavy atom. The average molecular weight is 531 g/mol. The number of hydrogen-bond acceptors (Lipinski definition) is 6. The summed E-state index contributed by atoms with van der Waals surface area (Å²) in [6, 6.07) is 17.7. The molecule has 0 spiro atoms. The first kappa shape index (κ1) is 23.8. The van der Waals surface area contributed by atoms with E-state index in [0.29, 0.717) is 47.9 Å². The van der Waals surface area contributed by atoms with Crippen LogP contribution in [0.5, 0.6) is 11.5 Å². The number of amides is 1. The molecule has 3 aromatic rings. The summed E-state index contributed by atoms with van der Waals surface area (Å²) in [5.41, 5.74) is 1.56. The predicted molar refractivity (Wildman–Crippen MR) is 133 cm³/mol. The van der Waals surface area contributed by atoms with E-state index >= 15 is 0 Å². The molecule has 174 valence electrons. The molecule has 0 aliphatic carbocycles. The highest BCUT2D eigenvalue weighted by atomic mass is 79.9. The molecule has 0 saturated carbocycles. The number of benzene rings is 2. The van der Waals surface area contributed by atoms with Gasteiger partial charge >= 0.3 is 0 Å². The first-order valence-electron chi connectivity index (χ1n) is 10.8. The molecule has 4 rings (SSSR count). The molecule has 1 amide bonds. The van der Waals surface area contributed by atoms with Crippen LogP contribution in [0.25, 0.3) is 0 Å². The third-order valence-corrected chi connectivity index (χ3v) is 7.09. The van der Waals surface area contributed by atoms with Crippen molar-refractivity contribution in [3.05, 3.63) is 80.5 Å². The lowest BCUT2D eigenvalue weighted by atomic mass is 10.1. The summed E-state index contributed by atoms with van der Waals surface area (Å²) in [5, 5.41) is 5.18. The Bertz CT molecular complexity index is 1040. The molecule has 1 atom stereocenters. The Hall–Kier alpha value is -2.39. The fourth-order valence-electron chi connectivity index (χ4n) is 3.79. The molecule has 0 unspecified atom stereocenters. The van der Waals surface area contributed by atoms with E-state index in [4.69, 9.17) is 14.2 Å². The van der Waals surface area contributed by atoms with Crippen molar-refractivity contribution in [2.45, 2.75) is 12.6 Å². The molecule has 1 aliphatic rings. The highest BCUT2D eigenvalue weighted by Crippen LogP contribution is 2.37. The van der Waals surface area contributed by atoms with Crippen molar-refractivity contribution in [3.63, 3.8) is 0 Å². The van der Waals surface area contributed by atoms with Gasteiger partial charge in [-0.05, 0) is 45.1 Å². The van der Waals surface area contributed by atoms with Crippen molar-refractivity contribution in [3.8, 4) is 11.5 Å². The van der Waals surface area contributed by atoms with Gasteiger partial charge < -0.3 is 19.5 Å². The van der Waals surface area contributed by atoms with Crippen LogP contribution in [-0.4, -0.2) is 50.8 Å². The van der Waals surface area contributed by atoms with Crippen LogP contribution in [0, 0.1) is 0 Å². The van der Waals surface area contributed by atoms with Gasteiger partial charge in [0.25, 0.3) is 5.91 Å². The van der Waals surface area contributed by atoms with E-state index in [0.717, 1.165) is 18.7 Å². The highest BCUT2D eigenvalue weighted by molar-refractivity contribution is 9.10. The Morgan fingerprint density at radius 1 is 1.18 bits per heavy atom. The number of ether oxygens (including phenoxy) is 3. The molecule has 1 N–H and O–H groups in total. The normalized spacial score (nSPS) is 15.1. The van der Waals surface area contributed by atoms with E-state index in [1.165, 1.54) is 4.88 Å². The summed E-state index contributed by atoms with van der Waals surface area (Å²) in [6.07, 6.45) is 0. The molecule has 1 saturated heterocycles. The number of thiophene rings is 1. The molecule has 2 heterocycles. The van der Waals surface area contributed by atoms with E-state index in [1.807, 2.05) is 36.4 Å². The quantitative estimate of drug-likeness (QED) is 0.426. The minimum absolute atomic E-state index is 0.122. The second kappa shape index (κ2) is 11.7. The van der Waals surface area contributed by atoms with Crippen molar-refractivity contribution >= 4 is 33.2 Å². The highest BCUT2D eigenvalue weighted by Gasteiger charge is 2.24. The SMILES string of the molecule is COc1cc(C(=O)NC[C@H](c2cccs2)N2CCOCC2)cc(Br)c1OCc1ccccc1. The fraction of sp³-hybridized carbons (Fsp3) is 0.320. The summed E-state index contributed by atoms with van der Waals surface area (Å²) in [7, 11) is 1.57. The van der Waals surface area contributed by atoms with E-state index < -0.39 is 0 Å². The van der Waals surface area contributed by atoms with Gasteiger partial charge in [0, 0.05) is 30.1 Å². The number of hydrogen-bond donors (Lipinski definition) is 1. The van der Waals surface area contributed by atoms with E-state index in [9.17, 15) is 4.79 Å². The number of halogens is 1. The number of nitrogens with zero attached hydrogens (tertiary/aromatic N) is 1. The molecule has 0 radical (unpaired) electrons. The molecule has 1 aliphatic heterocycles. The van der Waals surface area contributed by atoms with Gasteiger partial charge in [0.2, 0.25) is 0 Å². The smallest absolute Gasteiger partial charge is 0.251 e. The maximum Gasteiger partial charge on any atom is 0.251 e. The number of morpholine rings is 1. The second-order valence-electron chi connectivity index (χ2n) is 7.65. The van der Waals surface area contributed by atoms with Gasteiger partial charge in [-0.15, -0.1) is 11.3 Å². The minimum atomic E-state index is -0.154. The van der Waals surface area contributed by atoms with Crippen LogP contribution >= 0.6 is 27.3 Å². The maximum atomic E-state index is 13.0. The third kappa shape index (κ3) is 6.14. The molecule has 6 nitrogen and oxygen atoms in total. The number of methoxy groups -OCH3 is 1. The van der Waals surface area contributed by atoms with Crippen molar-refractivity contribution in [2.24, 2.45) is 0 Å².